The van der Waals surface area contributed by atoms with Gasteiger partial charge in [-0.3, -0.25) is 0 Å². The van der Waals surface area contributed by atoms with Crippen molar-refractivity contribution in [3.8, 4) is 0 Å². The molecule has 0 aliphatic heterocycles. The minimum atomic E-state index is 0.387. The number of aryl methyl sites for hydroxylation is 3. The first kappa shape index (κ1) is 12.7. The van der Waals surface area contributed by atoms with Crippen LogP contribution in [0.1, 0.15) is 35.2 Å². The summed E-state index contributed by atoms with van der Waals surface area (Å²) in [5.41, 5.74) is 7.60. The van der Waals surface area contributed by atoms with E-state index >= 15 is 0 Å². The van der Waals surface area contributed by atoms with E-state index in [2.05, 4.69) is 56.9 Å². The summed E-state index contributed by atoms with van der Waals surface area (Å²) in [6, 6.07) is 4.67. The van der Waals surface area contributed by atoms with Crippen molar-refractivity contribution in [1.29, 1.82) is 0 Å². The van der Waals surface area contributed by atoms with Gasteiger partial charge in [0, 0.05) is 30.1 Å². The van der Waals surface area contributed by atoms with E-state index in [1.807, 2.05) is 0 Å². The molecule has 1 aromatic heterocycles. The molecule has 19 heavy (non-hydrogen) atoms. The van der Waals surface area contributed by atoms with Crippen molar-refractivity contribution in [3.05, 3.63) is 34.5 Å². The third kappa shape index (κ3) is 1.73. The van der Waals surface area contributed by atoms with Crippen LogP contribution in [0.4, 0.5) is 0 Å². The number of benzene rings is 1. The fraction of sp³-hybridized carbons (Fsp3) is 0.529. The average molecular weight is 256 g/mol. The smallest absolute Gasteiger partial charge is 0.0512 e. The SMILES string of the molecule is CNCC1(c2c(C)n(C)c3c(C)cc(C)cc23)CC1. The molecule has 0 spiro atoms. The Hall–Kier alpha value is -1.28. The topological polar surface area (TPSA) is 17.0 Å². The highest BCUT2D eigenvalue weighted by Gasteiger charge is 2.46. The highest BCUT2D eigenvalue weighted by atomic mass is 15.0. The maximum absolute atomic E-state index is 3.39. The molecule has 0 bridgehead atoms. The van der Waals surface area contributed by atoms with E-state index in [1.165, 1.54) is 40.6 Å². The Labute approximate surface area is 115 Å². The van der Waals surface area contributed by atoms with Crippen LogP contribution in [0.2, 0.25) is 0 Å². The van der Waals surface area contributed by atoms with Crippen molar-refractivity contribution in [3.63, 3.8) is 0 Å². The van der Waals surface area contributed by atoms with E-state index in [0.717, 1.165) is 6.54 Å². The van der Waals surface area contributed by atoms with Crippen LogP contribution in [0, 0.1) is 20.8 Å². The van der Waals surface area contributed by atoms with Gasteiger partial charge in [-0.15, -0.1) is 0 Å². The van der Waals surface area contributed by atoms with Gasteiger partial charge < -0.3 is 9.88 Å². The number of aromatic nitrogens is 1. The summed E-state index contributed by atoms with van der Waals surface area (Å²) in [6.45, 7) is 7.81. The van der Waals surface area contributed by atoms with Gasteiger partial charge in [-0.05, 0) is 57.9 Å². The Balaban J connectivity index is 2.33. The zero-order valence-corrected chi connectivity index (χ0v) is 12.7. The molecule has 2 nitrogen and oxygen atoms in total. The van der Waals surface area contributed by atoms with Crippen molar-refractivity contribution in [2.24, 2.45) is 7.05 Å². The molecule has 102 valence electrons. The van der Waals surface area contributed by atoms with Gasteiger partial charge in [0.25, 0.3) is 0 Å². The number of likely N-dealkylation sites (N-methyl/N-ethyl adjacent to an activating group) is 1. The quantitative estimate of drug-likeness (QED) is 0.891. The van der Waals surface area contributed by atoms with Crippen molar-refractivity contribution in [2.45, 2.75) is 39.0 Å². The molecule has 0 amide bonds. The second-order valence-electron chi connectivity index (χ2n) is 6.31. The van der Waals surface area contributed by atoms with Crippen molar-refractivity contribution < 1.29 is 0 Å². The molecule has 1 saturated carbocycles. The minimum Gasteiger partial charge on any atom is -0.347 e. The predicted octanol–water partition coefficient (Wildman–Crippen LogP) is 3.35. The Kier molecular flexibility index (Phi) is 2.75. The van der Waals surface area contributed by atoms with Crippen LogP contribution in [-0.4, -0.2) is 18.2 Å². The van der Waals surface area contributed by atoms with Gasteiger partial charge in [0.1, 0.15) is 0 Å². The summed E-state index contributed by atoms with van der Waals surface area (Å²) in [5, 5.41) is 4.87. The fourth-order valence-corrected chi connectivity index (χ4v) is 3.80. The van der Waals surface area contributed by atoms with Crippen LogP contribution in [0.15, 0.2) is 12.1 Å². The molecule has 0 unspecified atom stereocenters. The highest BCUT2D eigenvalue weighted by Crippen LogP contribution is 2.52. The number of rotatable bonds is 3. The van der Waals surface area contributed by atoms with Crippen LogP contribution in [0.3, 0.4) is 0 Å². The molecular formula is C17H24N2. The standard InChI is InChI=1S/C17H24N2/c1-11-8-12(2)16-14(9-11)15(13(3)19(16)5)17(6-7-17)10-18-4/h8-9,18H,6-7,10H2,1-5H3. The second kappa shape index (κ2) is 4.11. The lowest BCUT2D eigenvalue weighted by Crippen LogP contribution is -2.24. The van der Waals surface area contributed by atoms with Gasteiger partial charge in [0.15, 0.2) is 0 Å². The zero-order chi connectivity index (χ0) is 13.8. The number of nitrogens with zero attached hydrogens (tertiary/aromatic N) is 1. The third-order valence-corrected chi connectivity index (χ3v) is 4.81. The lowest BCUT2D eigenvalue weighted by atomic mass is 9.92. The van der Waals surface area contributed by atoms with Crippen molar-refractivity contribution >= 4 is 10.9 Å². The molecule has 0 saturated heterocycles. The minimum absolute atomic E-state index is 0.387. The molecule has 1 N–H and O–H groups in total. The second-order valence-corrected chi connectivity index (χ2v) is 6.31. The fourth-order valence-electron chi connectivity index (χ4n) is 3.80. The first-order chi connectivity index (χ1) is 9.00. The van der Waals surface area contributed by atoms with Gasteiger partial charge in [-0.2, -0.15) is 0 Å². The summed E-state index contributed by atoms with van der Waals surface area (Å²) >= 11 is 0. The molecule has 0 atom stereocenters. The molecule has 2 aromatic rings. The van der Waals surface area contributed by atoms with Crippen LogP contribution in [0.25, 0.3) is 10.9 Å². The number of nitrogens with one attached hydrogen (secondary N) is 1. The Bertz CT molecular complexity index is 645. The summed E-state index contributed by atoms with van der Waals surface area (Å²) in [6.07, 6.45) is 2.64. The molecule has 1 fully saturated rings. The first-order valence-electron chi connectivity index (χ1n) is 7.21. The Morgan fingerprint density at radius 2 is 1.89 bits per heavy atom. The van der Waals surface area contributed by atoms with Crippen LogP contribution >= 0.6 is 0 Å². The highest BCUT2D eigenvalue weighted by molar-refractivity contribution is 5.90. The Morgan fingerprint density at radius 1 is 1.21 bits per heavy atom. The summed E-state index contributed by atoms with van der Waals surface area (Å²) in [7, 11) is 4.27. The van der Waals surface area contributed by atoms with E-state index < -0.39 is 0 Å². The monoisotopic (exact) mass is 256 g/mol. The van der Waals surface area contributed by atoms with E-state index in [1.54, 1.807) is 5.56 Å². The van der Waals surface area contributed by atoms with Crippen LogP contribution in [-0.2, 0) is 12.5 Å². The average Bonchev–Trinajstić information content (AvgIpc) is 3.03. The normalized spacial score (nSPS) is 17.1. The summed E-state index contributed by atoms with van der Waals surface area (Å²) in [4.78, 5) is 0. The molecule has 1 heterocycles. The van der Waals surface area contributed by atoms with E-state index in [4.69, 9.17) is 0 Å². The molecular weight excluding hydrogens is 232 g/mol. The molecule has 2 heteroatoms. The van der Waals surface area contributed by atoms with Crippen LogP contribution in [0.5, 0.6) is 0 Å². The van der Waals surface area contributed by atoms with Gasteiger partial charge in [0.05, 0.1) is 5.52 Å². The molecule has 0 radical (unpaired) electrons. The number of hydrogen-bond acceptors (Lipinski definition) is 1. The number of fused-ring (bicyclic) bond motifs is 1. The molecule has 1 aliphatic rings. The lowest BCUT2D eigenvalue weighted by Gasteiger charge is -2.16. The maximum Gasteiger partial charge on any atom is 0.0512 e. The van der Waals surface area contributed by atoms with Gasteiger partial charge in [0.2, 0.25) is 0 Å². The molecule has 3 rings (SSSR count). The van der Waals surface area contributed by atoms with Crippen molar-refractivity contribution in [2.75, 3.05) is 13.6 Å². The maximum atomic E-state index is 3.39. The van der Waals surface area contributed by atoms with E-state index in [9.17, 15) is 0 Å². The number of hydrogen-bond donors (Lipinski definition) is 1. The van der Waals surface area contributed by atoms with E-state index in [-0.39, 0.29) is 0 Å². The van der Waals surface area contributed by atoms with Gasteiger partial charge >= 0.3 is 0 Å². The Morgan fingerprint density at radius 3 is 2.47 bits per heavy atom. The molecule has 1 aliphatic carbocycles. The summed E-state index contributed by atoms with van der Waals surface area (Å²) in [5.74, 6) is 0. The summed E-state index contributed by atoms with van der Waals surface area (Å²) < 4.78 is 2.38. The van der Waals surface area contributed by atoms with Gasteiger partial charge in [-0.25, -0.2) is 0 Å². The lowest BCUT2D eigenvalue weighted by molar-refractivity contribution is 0.621. The predicted molar refractivity (Wildman–Crippen MR) is 82.0 cm³/mol. The molecule has 1 aromatic carbocycles. The third-order valence-electron chi connectivity index (χ3n) is 4.81. The largest absolute Gasteiger partial charge is 0.347 e. The first-order valence-corrected chi connectivity index (χ1v) is 7.21. The van der Waals surface area contributed by atoms with Crippen molar-refractivity contribution in [1.82, 2.24) is 9.88 Å². The van der Waals surface area contributed by atoms with Gasteiger partial charge in [-0.1, -0.05) is 11.6 Å². The zero-order valence-electron chi connectivity index (χ0n) is 12.7. The van der Waals surface area contributed by atoms with E-state index in [0.29, 0.717) is 5.41 Å². The van der Waals surface area contributed by atoms with Crippen LogP contribution < -0.4 is 5.32 Å².